The number of hydrogen-bond donors (Lipinski definition) is 3. The number of fused-ring (bicyclic) bond motifs is 1. The van der Waals surface area contributed by atoms with E-state index in [0.29, 0.717) is 28.2 Å². The second-order valence-corrected chi connectivity index (χ2v) is 7.27. The molecular weight excluding hydrogens is 390 g/mol. The van der Waals surface area contributed by atoms with E-state index in [9.17, 15) is 9.59 Å². The standard InChI is InChI=1S/C24H23N5O2/c1-4-29(3)24(25)27-21(15-10-6-5-9-14(15)2)20-19(22(30)28-23(20)31)17-13-26-18-12-8-7-11-16(17)18/h5-13,26H,2,4H2,1,3H3,(H2,25,27)(H,28,30,31)/b21-15-. The molecule has 0 atom stereocenters. The number of guanidine groups is 1. The lowest BCUT2D eigenvalue weighted by atomic mass is 9.97. The van der Waals surface area contributed by atoms with Crippen molar-refractivity contribution >= 4 is 46.5 Å². The number of amides is 2. The van der Waals surface area contributed by atoms with Crippen LogP contribution in [0.25, 0.3) is 28.8 Å². The molecule has 0 bridgehead atoms. The molecule has 0 unspecified atom stereocenters. The van der Waals surface area contributed by atoms with E-state index in [-0.39, 0.29) is 17.1 Å². The van der Waals surface area contributed by atoms with Crippen molar-refractivity contribution in [2.45, 2.75) is 6.92 Å². The number of carbonyl (C=O) groups excluding carboxylic acids is 2. The quantitative estimate of drug-likeness (QED) is 0.338. The van der Waals surface area contributed by atoms with Crippen LogP contribution in [-0.4, -0.2) is 41.3 Å². The van der Waals surface area contributed by atoms with Crippen LogP contribution in [0.4, 0.5) is 0 Å². The normalized spacial score (nSPS) is 15.5. The third kappa shape index (κ3) is 3.50. The number of para-hydroxylation sites is 1. The van der Waals surface area contributed by atoms with Crippen molar-refractivity contribution in [2.24, 2.45) is 10.7 Å². The van der Waals surface area contributed by atoms with Gasteiger partial charge in [-0.05, 0) is 18.2 Å². The van der Waals surface area contributed by atoms with Crippen LogP contribution in [0.5, 0.6) is 0 Å². The van der Waals surface area contributed by atoms with Crippen LogP contribution in [0.3, 0.4) is 0 Å². The lowest BCUT2D eigenvalue weighted by Crippen LogP contribution is -2.35. The summed E-state index contributed by atoms with van der Waals surface area (Å²) in [7, 11) is 1.81. The number of aromatic amines is 1. The van der Waals surface area contributed by atoms with E-state index in [1.165, 1.54) is 0 Å². The van der Waals surface area contributed by atoms with Gasteiger partial charge in [0.05, 0.1) is 16.8 Å². The Morgan fingerprint density at radius 2 is 1.81 bits per heavy atom. The van der Waals surface area contributed by atoms with Gasteiger partial charge in [-0.15, -0.1) is 0 Å². The van der Waals surface area contributed by atoms with Crippen molar-refractivity contribution in [3.05, 3.63) is 76.3 Å². The van der Waals surface area contributed by atoms with E-state index >= 15 is 0 Å². The predicted octanol–water partition coefficient (Wildman–Crippen LogP) is 1.06. The van der Waals surface area contributed by atoms with Crippen LogP contribution in [0.1, 0.15) is 12.5 Å². The lowest BCUT2D eigenvalue weighted by Gasteiger charge is -2.16. The molecule has 1 aliphatic heterocycles. The number of nitrogens with zero attached hydrogens (tertiary/aromatic N) is 2. The van der Waals surface area contributed by atoms with Gasteiger partial charge in [-0.25, -0.2) is 4.99 Å². The molecule has 0 radical (unpaired) electrons. The summed E-state index contributed by atoms with van der Waals surface area (Å²) in [4.78, 5) is 35.4. The number of imide groups is 1. The van der Waals surface area contributed by atoms with Gasteiger partial charge in [0.2, 0.25) is 0 Å². The second-order valence-electron chi connectivity index (χ2n) is 7.27. The molecule has 7 heteroatoms. The van der Waals surface area contributed by atoms with Gasteiger partial charge in [0.25, 0.3) is 11.8 Å². The number of rotatable bonds is 4. The predicted molar refractivity (Wildman–Crippen MR) is 123 cm³/mol. The fourth-order valence-corrected chi connectivity index (χ4v) is 3.58. The van der Waals surface area contributed by atoms with Crippen molar-refractivity contribution in [1.82, 2.24) is 15.2 Å². The fraction of sp³-hybridized carbons (Fsp3) is 0.125. The minimum absolute atomic E-state index is 0.179. The monoisotopic (exact) mass is 413 g/mol. The Morgan fingerprint density at radius 1 is 1.10 bits per heavy atom. The smallest absolute Gasteiger partial charge is 0.261 e. The Labute approximate surface area is 179 Å². The van der Waals surface area contributed by atoms with Gasteiger partial charge in [-0.3, -0.25) is 14.9 Å². The zero-order valence-corrected chi connectivity index (χ0v) is 17.4. The summed E-state index contributed by atoms with van der Waals surface area (Å²) in [6.45, 7) is 6.65. The number of aliphatic imine (C=N–C) groups is 1. The molecule has 0 aliphatic carbocycles. The SMILES string of the molecule is C=c1cccc/c1=C(/N=C(N)N(C)CC)C1=C(c2c[nH]c3ccccc23)C(=O)NC1=O. The van der Waals surface area contributed by atoms with Crippen LogP contribution < -0.4 is 21.5 Å². The molecule has 1 aliphatic rings. The van der Waals surface area contributed by atoms with E-state index in [1.807, 2.05) is 55.5 Å². The molecule has 2 aromatic carbocycles. The van der Waals surface area contributed by atoms with E-state index in [2.05, 4.69) is 21.9 Å². The molecule has 7 nitrogen and oxygen atoms in total. The lowest BCUT2D eigenvalue weighted by molar-refractivity contribution is -0.123. The minimum Gasteiger partial charge on any atom is -0.369 e. The number of aromatic nitrogens is 1. The van der Waals surface area contributed by atoms with Crippen LogP contribution in [-0.2, 0) is 9.59 Å². The zero-order chi connectivity index (χ0) is 22.1. The molecular formula is C24H23N5O2. The topological polar surface area (TPSA) is 104 Å². The third-order valence-corrected chi connectivity index (χ3v) is 5.39. The average Bonchev–Trinajstić information content (AvgIpc) is 3.31. The Bertz CT molecular complexity index is 1380. The molecule has 31 heavy (non-hydrogen) atoms. The summed E-state index contributed by atoms with van der Waals surface area (Å²) in [5, 5.41) is 4.57. The van der Waals surface area contributed by atoms with Gasteiger partial charge in [-0.2, -0.15) is 0 Å². The summed E-state index contributed by atoms with van der Waals surface area (Å²) in [5.41, 5.74) is 8.45. The van der Waals surface area contributed by atoms with Crippen molar-refractivity contribution < 1.29 is 9.59 Å². The fourth-order valence-electron chi connectivity index (χ4n) is 3.58. The molecule has 1 aromatic heterocycles. The summed E-state index contributed by atoms with van der Waals surface area (Å²) in [6.07, 6.45) is 1.73. The Kier molecular flexibility index (Phi) is 5.17. The van der Waals surface area contributed by atoms with Crippen LogP contribution in [0, 0.1) is 0 Å². The first-order valence-electron chi connectivity index (χ1n) is 9.92. The molecule has 4 N–H and O–H groups in total. The summed E-state index contributed by atoms with van der Waals surface area (Å²) >= 11 is 0. The molecule has 0 saturated heterocycles. The van der Waals surface area contributed by atoms with Gasteiger partial charge in [-0.1, -0.05) is 49.0 Å². The first-order chi connectivity index (χ1) is 14.9. The van der Waals surface area contributed by atoms with Gasteiger partial charge in [0, 0.05) is 41.5 Å². The molecule has 156 valence electrons. The Morgan fingerprint density at radius 3 is 2.55 bits per heavy atom. The van der Waals surface area contributed by atoms with E-state index in [4.69, 9.17) is 5.73 Å². The maximum absolute atomic E-state index is 13.0. The first kappa shape index (κ1) is 20.2. The highest BCUT2D eigenvalue weighted by molar-refractivity contribution is 6.41. The molecule has 3 aromatic rings. The van der Waals surface area contributed by atoms with Crippen LogP contribution >= 0.6 is 0 Å². The molecule has 2 heterocycles. The molecule has 0 fully saturated rings. The number of nitrogens with one attached hydrogen (secondary N) is 2. The van der Waals surface area contributed by atoms with Gasteiger partial charge in [0.1, 0.15) is 0 Å². The Balaban J connectivity index is 2.11. The number of hydrogen-bond acceptors (Lipinski definition) is 3. The number of carbonyl (C=O) groups is 2. The number of nitrogens with two attached hydrogens (primary N) is 1. The number of benzene rings is 2. The van der Waals surface area contributed by atoms with Crippen LogP contribution in [0.15, 0.2) is 65.3 Å². The van der Waals surface area contributed by atoms with Crippen molar-refractivity contribution in [1.29, 1.82) is 0 Å². The highest BCUT2D eigenvalue weighted by atomic mass is 16.2. The Hall–Kier alpha value is -4.13. The molecule has 0 saturated carbocycles. The minimum atomic E-state index is -0.515. The summed E-state index contributed by atoms with van der Waals surface area (Å²) in [5.74, 6) is -0.751. The highest BCUT2D eigenvalue weighted by Crippen LogP contribution is 2.33. The van der Waals surface area contributed by atoms with E-state index < -0.39 is 11.8 Å². The van der Waals surface area contributed by atoms with Crippen molar-refractivity contribution in [3.8, 4) is 0 Å². The largest absolute Gasteiger partial charge is 0.369 e. The first-order valence-corrected chi connectivity index (χ1v) is 9.92. The van der Waals surface area contributed by atoms with Gasteiger partial charge < -0.3 is 15.6 Å². The average molecular weight is 413 g/mol. The van der Waals surface area contributed by atoms with Crippen LogP contribution in [0.2, 0.25) is 0 Å². The number of H-pyrrole nitrogens is 1. The molecule has 4 rings (SSSR count). The van der Waals surface area contributed by atoms with Crippen molar-refractivity contribution in [2.75, 3.05) is 13.6 Å². The zero-order valence-electron chi connectivity index (χ0n) is 17.4. The molecule has 0 spiro atoms. The van der Waals surface area contributed by atoms with Gasteiger partial charge in [0.15, 0.2) is 5.96 Å². The molecule has 2 amide bonds. The van der Waals surface area contributed by atoms with Gasteiger partial charge >= 0.3 is 0 Å². The summed E-state index contributed by atoms with van der Waals surface area (Å²) in [6, 6.07) is 14.9. The van der Waals surface area contributed by atoms with Crippen molar-refractivity contribution in [3.63, 3.8) is 0 Å². The second kappa shape index (κ2) is 7.95. The highest BCUT2D eigenvalue weighted by Gasteiger charge is 2.35. The maximum Gasteiger partial charge on any atom is 0.261 e. The maximum atomic E-state index is 13.0. The third-order valence-electron chi connectivity index (χ3n) is 5.39. The summed E-state index contributed by atoms with van der Waals surface area (Å²) < 4.78 is 0. The van der Waals surface area contributed by atoms with E-state index in [1.54, 1.807) is 18.1 Å². The van der Waals surface area contributed by atoms with E-state index in [0.717, 1.165) is 10.9 Å².